The van der Waals surface area contributed by atoms with Crippen LogP contribution in [0.4, 0.5) is 17.1 Å². The fourth-order valence-corrected chi connectivity index (χ4v) is 10.9. The number of benzene rings is 5. The van der Waals surface area contributed by atoms with Crippen LogP contribution in [0.25, 0.3) is 68.6 Å². The van der Waals surface area contributed by atoms with Gasteiger partial charge in [0.2, 0.25) is 0 Å². The van der Waals surface area contributed by atoms with Gasteiger partial charge in [-0.25, -0.2) is 14.8 Å². The van der Waals surface area contributed by atoms with Crippen LogP contribution in [0, 0.1) is 11.8 Å². The number of nitrogens with zero attached hydrogens (tertiary/aromatic N) is 3. The molecule has 0 fully saturated rings. The third-order valence-corrected chi connectivity index (χ3v) is 16.3. The van der Waals surface area contributed by atoms with E-state index in [1.165, 1.54) is 33.4 Å². The van der Waals surface area contributed by atoms with Crippen LogP contribution in [0.1, 0.15) is 202 Å². The first-order chi connectivity index (χ1) is 39.2. The van der Waals surface area contributed by atoms with Crippen LogP contribution in [-0.2, 0) is 32.5 Å². The monoisotopic (exact) mass is 1110 g/mol. The smallest absolute Gasteiger partial charge is 0.335 e. The third kappa shape index (κ3) is 12.1. The van der Waals surface area contributed by atoms with Crippen LogP contribution >= 0.6 is 0 Å². The highest BCUT2D eigenvalue weighted by Gasteiger charge is 2.28. The predicted molar refractivity (Wildman–Crippen MR) is 356 cm³/mol. The normalized spacial score (nSPS) is 13.0. The Morgan fingerprint density at radius 1 is 0.393 bits per heavy atom. The number of hydrogen-bond donors (Lipinski definition) is 3. The number of rotatable bonds is 6. The molecular weight excluding hydrogens is 1030 g/mol. The van der Waals surface area contributed by atoms with Crippen LogP contribution in [0.3, 0.4) is 0 Å². The van der Waals surface area contributed by atoms with E-state index in [2.05, 4.69) is 285 Å². The third-order valence-electron chi connectivity index (χ3n) is 16.3. The zero-order chi connectivity index (χ0) is 60.6. The Balaban J connectivity index is 1.41. The second-order valence-corrected chi connectivity index (χ2v) is 29.1. The molecule has 2 aliphatic rings. The molecular formula is C77H83N5O2. The Labute approximate surface area is 499 Å². The Morgan fingerprint density at radius 3 is 1.15 bits per heavy atom. The van der Waals surface area contributed by atoms with Gasteiger partial charge in [-0.2, -0.15) is 0 Å². The number of carboxylic acid groups (broad SMARTS) is 1. The van der Waals surface area contributed by atoms with Crippen molar-refractivity contribution in [3.63, 3.8) is 0 Å². The molecule has 2 aliphatic heterocycles. The molecule has 5 heterocycles. The lowest BCUT2D eigenvalue weighted by molar-refractivity contribution is 0.0696. The Kier molecular flexibility index (Phi) is 14.9. The van der Waals surface area contributed by atoms with Gasteiger partial charge in [-0.3, -0.25) is 0 Å². The van der Waals surface area contributed by atoms with Crippen molar-refractivity contribution in [2.45, 2.75) is 157 Å². The minimum absolute atomic E-state index is 0.0522. The van der Waals surface area contributed by atoms with Gasteiger partial charge in [-0.1, -0.05) is 197 Å². The number of aromatic carboxylic acids is 1. The molecule has 0 saturated heterocycles. The zero-order valence-corrected chi connectivity index (χ0v) is 52.7. The van der Waals surface area contributed by atoms with Crippen molar-refractivity contribution in [1.82, 2.24) is 19.9 Å². The van der Waals surface area contributed by atoms with E-state index in [-0.39, 0.29) is 38.1 Å². The van der Waals surface area contributed by atoms with Crippen molar-refractivity contribution in [3.05, 3.63) is 206 Å². The number of carbonyl (C=O) groups is 1. The standard InChI is InChI=1S/C77H83N5O2/c1-72(2,3)51-24-28-57(29-25-51)82(58-30-26-52(27-31-58)73(4,5)6)70-66-39-37-64(80-66)68(49-41-53(74(7,8)9)45-54(42-49)75(10,11)12)62-35-33-60(78-62)59(32-21-47-19-22-48(23-20-47)71(83)84)61-34-36-63(79-61)69(65-38-40-67(70)81-65)50-43-55(76(13,14)15)46-56(44-50)77(16,17)18/h19-20,22-31,33-46,78,81H,1-18H3,(H,83,84). The largest absolute Gasteiger partial charge is 0.478 e. The molecule has 428 valence electrons. The first-order valence-corrected chi connectivity index (χ1v) is 29.6. The molecule has 84 heavy (non-hydrogen) atoms. The van der Waals surface area contributed by atoms with Crippen molar-refractivity contribution < 1.29 is 9.90 Å². The number of nitrogens with one attached hydrogen (secondary N) is 2. The molecule has 8 bridgehead atoms. The molecule has 0 amide bonds. The number of anilines is 3. The van der Waals surface area contributed by atoms with E-state index in [1.807, 2.05) is 0 Å². The van der Waals surface area contributed by atoms with Gasteiger partial charge in [0.25, 0.3) is 0 Å². The molecule has 5 aromatic carbocycles. The molecule has 3 N–H and O–H groups in total. The summed E-state index contributed by atoms with van der Waals surface area (Å²) in [6, 6.07) is 47.5. The highest BCUT2D eigenvalue weighted by Crippen LogP contribution is 2.45. The fraction of sp³-hybridized carbons (Fsp3) is 0.312. The molecule has 7 heteroatoms. The quantitative estimate of drug-likeness (QED) is 0.144. The van der Waals surface area contributed by atoms with Gasteiger partial charge in [-0.15, -0.1) is 0 Å². The summed E-state index contributed by atoms with van der Waals surface area (Å²) in [4.78, 5) is 33.7. The lowest BCUT2D eigenvalue weighted by atomic mass is 9.78. The SMILES string of the molecule is CC(C)(C)c1ccc(N(c2ccc(C(C)(C)C)cc2)c2c3nc(c(-c4cc(C(C)(C)C)cc(C(C)(C)C)c4)c4ccc([nH]4)c(C#Cc4ccc(C(=O)O)cc4)c4nc(c(-c5cc(C(C)(C)C)cc(C(C)(C)C)c5)c5ccc2[nH]5)C=C4)C=C3)cc1. The maximum Gasteiger partial charge on any atom is 0.335 e. The van der Waals surface area contributed by atoms with Crippen molar-refractivity contribution in [1.29, 1.82) is 0 Å². The topological polar surface area (TPSA) is 97.9 Å². The van der Waals surface area contributed by atoms with Crippen molar-refractivity contribution in [2.24, 2.45) is 0 Å². The molecule has 7 nitrogen and oxygen atoms in total. The van der Waals surface area contributed by atoms with Crippen molar-refractivity contribution in [2.75, 3.05) is 4.90 Å². The minimum Gasteiger partial charge on any atom is -0.478 e. The molecule has 0 radical (unpaired) electrons. The highest BCUT2D eigenvalue weighted by atomic mass is 16.4. The average molecular weight is 1110 g/mol. The molecule has 8 aromatic rings. The second kappa shape index (κ2) is 21.3. The van der Waals surface area contributed by atoms with Gasteiger partial charge < -0.3 is 20.0 Å². The molecule has 10 rings (SSSR count). The molecule has 3 aromatic heterocycles. The number of fused-ring (bicyclic) bond motifs is 8. The van der Waals surface area contributed by atoms with E-state index in [0.717, 1.165) is 78.5 Å². The summed E-state index contributed by atoms with van der Waals surface area (Å²) >= 11 is 0. The Hall–Kier alpha value is -8.47. The van der Waals surface area contributed by atoms with Crippen LogP contribution < -0.4 is 4.90 Å². The maximum absolute atomic E-state index is 11.9. The van der Waals surface area contributed by atoms with Gasteiger partial charge in [0.1, 0.15) is 0 Å². The predicted octanol–water partition coefficient (Wildman–Crippen LogP) is 20.3. The van der Waals surface area contributed by atoms with E-state index in [9.17, 15) is 9.90 Å². The first kappa shape index (κ1) is 58.7. The summed E-state index contributed by atoms with van der Waals surface area (Å²) in [5.41, 5.74) is 21.7. The molecule has 0 atom stereocenters. The number of aromatic amines is 2. The summed E-state index contributed by atoms with van der Waals surface area (Å²) in [5.74, 6) is 5.97. The van der Waals surface area contributed by atoms with Gasteiger partial charge in [0, 0.05) is 39.1 Å². The van der Waals surface area contributed by atoms with Gasteiger partial charge in [0.15, 0.2) is 0 Å². The molecule has 0 aliphatic carbocycles. The fourth-order valence-electron chi connectivity index (χ4n) is 10.9. The number of aromatic nitrogens is 4. The zero-order valence-electron chi connectivity index (χ0n) is 52.7. The maximum atomic E-state index is 11.9. The van der Waals surface area contributed by atoms with Crippen LogP contribution in [0.5, 0.6) is 0 Å². The summed E-state index contributed by atoms with van der Waals surface area (Å²) in [7, 11) is 0. The molecule has 0 spiro atoms. The van der Waals surface area contributed by atoms with E-state index in [0.29, 0.717) is 16.8 Å². The number of H-pyrrole nitrogens is 2. The van der Waals surface area contributed by atoms with E-state index in [4.69, 9.17) is 9.97 Å². The lowest BCUT2D eigenvalue weighted by Gasteiger charge is -2.28. The minimum atomic E-state index is -0.984. The summed E-state index contributed by atoms with van der Waals surface area (Å²) < 4.78 is 0. The van der Waals surface area contributed by atoms with E-state index >= 15 is 0 Å². The molecule has 0 unspecified atom stereocenters. The summed E-state index contributed by atoms with van der Waals surface area (Å²) in [5, 5.41) is 9.75. The van der Waals surface area contributed by atoms with Gasteiger partial charge in [0.05, 0.1) is 50.6 Å². The summed E-state index contributed by atoms with van der Waals surface area (Å²) in [6.45, 7) is 40.9. The van der Waals surface area contributed by atoms with Crippen LogP contribution in [-0.4, -0.2) is 31.0 Å². The average Bonchev–Trinajstić information content (AvgIpc) is 2.68. The van der Waals surface area contributed by atoms with Gasteiger partial charge >= 0.3 is 5.97 Å². The lowest BCUT2D eigenvalue weighted by Crippen LogP contribution is -2.16. The first-order valence-electron chi connectivity index (χ1n) is 29.6. The summed E-state index contributed by atoms with van der Waals surface area (Å²) in [6.07, 6.45) is 8.56. The Morgan fingerprint density at radius 2 is 0.750 bits per heavy atom. The number of carboxylic acids is 1. The van der Waals surface area contributed by atoms with Crippen LogP contribution in [0.2, 0.25) is 0 Å². The molecule has 0 saturated carbocycles. The van der Waals surface area contributed by atoms with Crippen LogP contribution in [0.15, 0.2) is 133 Å². The number of hydrogen-bond acceptors (Lipinski definition) is 4. The van der Waals surface area contributed by atoms with E-state index in [1.54, 1.807) is 24.3 Å². The highest BCUT2D eigenvalue weighted by molar-refractivity contribution is 6.00. The van der Waals surface area contributed by atoms with E-state index < -0.39 is 5.97 Å². The van der Waals surface area contributed by atoms with Crippen molar-refractivity contribution >= 4 is 69.4 Å². The van der Waals surface area contributed by atoms with Gasteiger partial charge in [-0.05, 0) is 174 Å². The second-order valence-electron chi connectivity index (χ2n) is 29.1. The van der Waals surface area contributed by atoms with Crippen molar-refractivity contribution in [3.8, 4) is 34.1 Å². The Bertz CT molecular complexity index is 3990.